The zero-order valence-electron chi connectivity index (χ0n) is 14.0. The van der Waals surface area contributed by atoms with Crippen LogP contribution in [0.25, 0.3) is 0 Å². The highest BCUT2D eigenvalue weighted by Gasteiger charge is 2.74. The Morgan fingerprint density at radius 1 is 0.926 bits per heavy atom. The Bertz CT molecular complexity index is 813. The summed E-state index contributed by atoms with van der Waals surface area (Å²) in [5.74, 6) is -6.26. The molecule has 0 saturated carbocycles. The first-order valence-electron chi connectivity index (χ1n) is 7.51. The van der Waals surface area contributed by atoms with E-state index in [-0.39, 0.29) is 11.1 Å². The Morgan fingerprint density at radius 2 is 1.44 bits per heavy atom. The molecule has 27 heavy (non-hydrogen) atoms. The molecule has 1 aliphatic rings. The second-order valence-corrected chi connectivity index (χ2v) is 7.45. The SMILES string of the molecule is CC1=CC(SC(F)(F)C(F)(F)C(F)(F)F)(c2ccccc2C#N)C=C(C)[CH]1. The fourth-order valence-corrected chi connectivity index (χ4v) is 4.24. The van der Waals surface area contributed by atoms with Gasteiger partial charge in [0.05, 0.1) is 16.4 Å². The van der Waals surface area contributed by atoms with Crippen LogP contribution in [0, 0.1) is 17.8 Å². The van der Waals surface area contributed by atoms with Crippen molar-refractivity contribution in [3.05, 3.63) is 65.1 Å². The van der Waals surface area contributed by atoms with Crippen molar-refractivity contribution < 1.29 is 30.7 Å². The van der Waals surface area contributed by atoms with Crippen LogP contribution >= 0.6 is 11.8 Å². The van der Waals surface area contributed by atoms with E-state index in [1.165, 1.54) is 38.1 Å². The lowest BCUT2D eigenvalue weighted by molar-refractivity contribution is -0.330. The monoisotopic (exact) mass is 408 g/mol. The van der Waals surface area contributed by atoms with Crippen molar-refractivity contribution in [3.63, 3.8) is 0 Å². The predicted molar refractivity (Wildman–Crippen MR) is 88.2 cm³/mol. The average Bonchev–Trinajstić information content (AvgIpc) is 2.52. The molecule has 0 spiro atoms. The van der Waals surface area contributed by atoms with E-state index in [0.717, 1.165) is 12.2 Å². The maximum Gasteiger partial charge on any atom is 0.460 e. The highest BCUT2D eigenvalue weighted by atomic mass is 32.2. The fraction of sp³-hybridized carbons (Fsp3) is 0.333. The molecule has 0 heterocycles. The van der Waals surface area contributed by atoms with Crippen molar-refractivity contribution in [3.8, 4) is 6.07 Å². The molecule has 0 N–H and O–H groups in total. The molecule has 0 unspecified atom stereocenters. The molecule has 9 heteroatoms. The van der Waals surface area contributed by atoms with Crippen LogP contribution in [0.3, 0.4) is 0 Å². The van der Waals surface area contributed by atoms with Crippen molar-refractivity contribution in [1.82, 2.24) is 0 Å². The van der Waals surface area contributed by atoms with E-state index in [4.69, 9.17) is 0 Å². The minimum absolute atomic E-state index is 0.0954. The summed E-state index contributed by atoms with van der Waals surface area (Å²) in [6.45, 7) is 3.00. The van der Waals surface area contributed by atoms with E-state index in [9.17, 15) is 36.0 Å². The molecule has 2 rings (SSSR count). The minimum atomic E-state index is -6.43. The Morgan fingerprint density at radius 3 is 1.93 bits per heavy atom. The third kappa shape index (κ3) is 3.86. The number of benzene rings is 1. The average molecular weight is 408 g/mol. The predicted octanol–water partition coefficient (Wildman–Crippen LogP) is 6.39. The molecule has 0 fully saturated rings. The van der Waals surface area contributed by atoms with E-state index >= 15 is 0 Å². The Hall–Kier alpha value is -1.95. The number of nitrogens with zero attached hydrogens (tertiary/aromatic N) is 1. The number of hydrogen-bond acceptors (Lipinski definition) is 2. The molecule has 0 saturated heterocycles. The maximum atomic E-state index is 14.2. The summed E-state index contributed by atoms with van der Waals surface area (Å²) in [4.78, 5) is 0. The quantitative estimate of drug-likeness (QED) is 0.539. The van der Waals surface area contributed by atoms with E-state index in [0.29, 0.717) is 11.1 Å². The lowest BCUT2D eigenvalue weighted by Crippen LogP contribution is -2.51. The van der Waals surface area contributed by atoms with Crippen molar-refractivity contribution in [1.29, 1.82) is 5.26 Å². The highest BCUT2D eigenvalue weighted by Crippen LogP contribution is 2.59. The molecular weight excluding hydrogens is 395 g/mol. The number of halogens is 7. The minimum Gasteiger partial charge on any atom is -0.192 e. The number of thioether (sulfide) groups is 1. The largest absolute Gasteiger partial charge is 0.460 e. The Kier molecular flexibility index (Phi) is 5.45. The van der Waals surface area contributed by atoms with E-state index in [1.54, 1.807) is 12.5 Å². The van der Waals surface area contributed by atoms with Crippen LogP contribution in [0.15, 0.2) is 47.6 Å². The molecule has 0 aromatic heterocycles. The Labute approximate surface area is 155 Å². The molecule has 1 aliphatic carbocycles. The normalized spacial score (nSPS) is 17.8. The summed E-state index contributed by atoms with van der Waals surface area (Å²) < 4.78 is 91.2. The standard InChI is InChI=1S/C18H13F7NS/c1-11-7-12(2)9-15(8-11,14-6-4-3-5-13(14)10-26)27-18(24,25)16(19,20)17(21,22)23/h3-9H,1-2H3. The number of rotatable bonds is 4. The third-order valence-corrected chi connectivity index (χ3v) is 5.13. The van der Waals surface area contributed by atoms with Gasteiger partial charge in [-0.05, 0) is 25.5 Å². The zero-order valence-corrected chi connectivity index (χ0v) is 14.9. The van der Waals surface area contributed by atoms with E-state index < -0.39 is 33.9 Å². The van der Waals surface area contributed by atoms with Gasteiger partial charge in [-0.2, -0.15) is 36.0 Å². The third-order valence-electron chi connectivity index (χ3n) is 3.83. The van der Waals surface area contributed by atoms with Gasteiger partial charge in [-0.3, -0.25) is 0 Å². The smallest absolute Gasteiger partial charge is 0.192 e. The van der Waals surface area contributed by atoms with Crippen molar-refractivity contribution in [2.24, 2.45) is 0 Å². The van der Waals surface area contributed by atoms with Gasteiger partial charge in [0.25, 0.3) is 0 Å². The molecule has 1 nitrogen and oxygen atoms in total. The first kappa shape index (κ1) is 21.4. The van der Waals surface area contributed by atoms with Gasteiger partial charge in [0, 0.05) is 6.42 Å². The lowest BCUT2D eigenvalue weighted by atomic mass is 9.85. The Balaban J connectivity index is 2.70. The summed E-state index contributed by atoms with van der Waals surface area (Å²) in [6, 6.07) is 7.13. The van der Waals surface area contributed by atoms with Gasteiger partial charge in [0.15, 0.2) is 0 Å². The van der Waals surface area contributed by atoms with E-state index in [1.807, 2.05) is 0 Å². The molecule has 0 atom stereocenters. The summed E-state index contributed by atoms with van der Waals surface area (Å²) in [5.41, 5.74) is 0.579. The second-order valence-electron chi connectivity index (χ2n) is 6.06. The van der Waals surface area contributed by atoms with Crippen molar-refractivity contribution in [2.75, 3.05) is 0 Å². The van der Waals surface area contributed by atoms with Crippen LogP contribution in [0.1, 0.15) is 25.0 Å². The molecule has 1 radical (unpaired) electrons. The number of alkyl halides is 7. The number of allylic oxidation sites excluding steroid dienone is 2. The van der Waals surface area contributed by atoms with Crippen LogP contribution in [0.5, 0.6) is 0 Å². The molecule has 0 amide bonds. The van der Waals surface area contributed by atoms with E-state index in [2.05, 4.69) is 0 Å². The van der Waals surface area contributed by atoms with Crippen LogP contribution in [-0.2, 0) is 4.75 Å². The fourth-order valence-electron chi connectivity index (χ4n) is 2.79. The van der Waals surface area contributed by atoms with Gasteiger partial charge in [0.2, 0.25) is 0 Å². The number of nitriles is 1. The van der Waals surface area contributed by atoms with Gasteiger partial charge < -0.3 is 0 Å². The van der Waals surface area contributed by atoms with Crippen LogP contribution in [-0.4, -0.2) is 17.4 Å². The summed E-state index contributed by atoms with van der Waals surface area (Å²) in [5, 5.41) is 3.77. The van der Waals surface area contributed by atoms with Crippen LogP contribution < -0.4 is 0 Å². The highest BCUT2D eigenvalue weighted by molar-refractivity contribution is 8.01. The van der Waals surface area contributed by atoms with Gasteiger partial charge in [0.1, 0.15) is 0 Å². The van der Waals surface area contributed by atoms with Crippen molar-refractivity contribution >= 4 is 11.8 Å². The molecule has 0 bridgehead atoms. The first-order valence-corrected chi connectivity index (χ1v) is 8.33. The first-order chi connectivity index (χ1) is 12.3. The lowest BCUT2D eigenvalue weighted by Gasteiger charge is -2.38. The second kappa shape index (κ2) is 6.89. The molecule has 1 aromatic carbocycles. The van der Waals surface area contributed by atoms with Crippen LogP contribution in [0.2, 0.25) is 0 Å². The summed E-state index contributed by atoms with van der Waals surface area (Å²) in [6.07, 6.45) is -2.56. The molecule has 145 valence electrons. The van der Waals surface area contributed by atoms with Gasteiger partial charge in [-0.15, -0.1) is 0 Å². The molecule has 1 aromatic rings. The van der Waals surface area contributed by atoms with Gasteiger partial charge >= 0.3 is 17.4 Å². The molecular formula is C18H13F7NS. The zero-order chi connectivity index (χ0) is 20.7. The topological polar surface area (TPSA) is 23.8 Å². The van der Waals surface area contributed by atoms with Crippen LogP contribution in [0.4, 0.5) is 30.7 Å². The number of hydrogen-bond donors (Lipinski definition) is 0. The van der Waals surface area contributed by atoms with Crippen molar-refractivity contribution in [2.45, 2.75) is 35.9 Å². The molecule has 0 aliphatic heterocycles. The van der Waals surface area contributed by atoms with Gasteiger partial charge in [-0.1, -0.05) is 53.3 Å². The maximum absolute atomic E-state index is 14.2. The summed E-state index contributed by atoms with van der Waals surface area (Å²) in [7, 11) is 0. The van der Waals surface area contributed by atoms with Gasteiger partial charge in [-0.25, -0.2) is 0 Å². The summed E-state index contributed by atoms with van der Waals surface area (Å²) >= 11 is -0.833.